The van der Waals surface area contributed by atoms with E-state index < -0.39 is 0 Å². The molecule has 0 aliphatic carbocycles. The number of ether oxygens (including phenoxy) is 3. The van der Waals surface area contributed by atoms with Gasteiger partial charge in [-0.3, -0.25) is 9.36 Å². The molecule has 2 heterocycles. The molecule has 0 radical (unpaired) electrons. The molecule has 0 unspecified atom stereocenters. The number of rotatable bonds is 5. The Labute approximate surface area is 167 Å². The van der Waals surface area contributed by atoms with E-state index in [0.29, 0.717) is 23.1 Å². The molecular weight excluding hydrogens is 374 g/mol. The van der Waals surface area contributed by atoms with Crippen molar-refractivity contribution in [1.82, 2.24) is 9.55 Å². The van der Waals surface area contributed by atoms with E-state index in [9.17, 15) is 9.90 Å². The number of anilines is 1. The molecule has 1 aliphatic heterocycles. The Bertz CT molecular complexity index is 1080. The van der Waals surface area contributed by atoms with Crippen molar-refractivity contribution in [3.8, 4) is 28.7 Å². The van der Waals surface area contributed by atoms with Crippen LogP contribution in [-0.4, -0.2) is 41.9 Å². The zero-order chi connectivity index (χ0) is 20.5. The van der Waals surface area contributed by atoms with Crippen LogP contribution in [0.1, 0.15) is 23.6 Å². The number of aromatic hydroxyl groups is 1. The van der Waals surface area contributed by atoms with E-state index in [1.165, 1.54) is 7.11 Å². The summed E-state index contributed by atoms with van der Waals surface area (Å²) in [7, 11) is 4.65. The van der Waals surface area contributed by atoms with Crippen LogP contribution in [0, 0.1) is 0 Å². The van der Waals surface area contributed by atoms with Gasteiger partial charge in [0.25, 0.3) is 0 Å². The number of phenolic OH excluding ortho intramolecular Hbond substituents is 1. The van der Waals surface area contributed by atoms with E-state index in [1.54, 1.807) is 49.4 Å². The van der Waals surface area contributed by atoms with Crippen LogP contribution in [0.2, 0.25) is 0 Å². The van der Waals surface area contributed by atoms with Gasteiger partial charge in [-0.05, 0) is 29.8 Å². The molecule has 0 spiro atoms. The van der Waals surface area contributed by atoms with Gasteiger partial charge in [-0.2, -0.15) is 0 Å². The third-order valence-electron chi connectivity index (χ3n) is 5.03. The normalized spacial score (nSPS) is 15.4. The van der Waals surface area contributed by atoms with E-state index in [1.807, 2.05) is 12.1 Å². The predicted molar refractivity (Wildman–Crippen MR) is 106 cm³/mol. The number of carbonyl (C=O) groups is 1. The fraction of sp³-hybridized carbons (Fsp3) is 0.238. The minimum Gasteiger partial charge on any atom is -0.504 e. The second kappa shape index (κ2) is 7.38. The minimum atomic E-state index is -0.265. The number of nitrogens with one attached hydrogen (secondary N) is 1. The highest BCUT2D eigenvalue weighted by Gasteiger charge is 2.32. The second-order valence-corrected chi connectivity index (χ2v) is 6.62. The van der Waals surface area contributed by atoms with Gasteiger partial charge in [0.15, 0.2) is 11.5 Å². The van der Waals surface area contributed by atoms with Gasteiger partial charge in [-0.15, -0.1) is 0 Å². The Morgan fingerprint density at radius 2 is 1.86 bits per heavy atom. The fourth-order valence-electron chi connectivity index (χ4n) is 3.56. The van der Waals surface area contributed by atoms with Gasteiger partial charge in [-0.1, -0.05) is 6.07 Å². The molecule has 1 amide bonds. The van der Waals surface area contributed by atoms with Gasteiger partial charge in [-0.25, -0.2) is 4.98 Å². The van der Waals surface area contributed by atoms with E-state index in [4.69, 9.17) is 14.2 Å². The monoisotopic (exact) mass is 395 g/mol. The van der Waals surface area contributed by atoms with Gasteiger partial charge in [0, 0.05) is 18.4 Å². The van der Waals surface area contributed by atoms with Gasteiger partial charge < -0.3 is 24.6 Å². The Morgan fingerprint density at radius 3 is 2.59 bits per heavy atom. The molecule has 1 atom stereocenters. The third-order valence-corrected chi connectivity index (χ3v) is 5.03. The Morgan fingerprint density at radius 1 is 1.07 bits per heavy atom. The molecule has 8 nitrogen and oxygen atoms in total. The molecule has 150 valence electrons. The van der Waals surface area contributed by atoms with Crippen molar-refractivity contribution >= 4 is 11.7 Å². The maximum Gasteiger partial charge on any atom is 0.226 e. The van der Waals surface area contributed by atoms with Crippen LogP contribution in [0.25, 0.3) is 5.69 Å². The third kappa shape index (κ3) is 3.22. The Hall–Kier alpha value is -3.68. The zero-order valence-electron chi connectivity index (χ0n) is 16.3. The Kier molecular flexibility index (Phi) is 4.75. The van der Waals surface area contributed by atoms with Crippen LogP contribution in [0.4, 0.5) is 5.82 Å². The van der Waals surface area contributed by atoms with Crippen LogP contribution in [-0.2, 0) is 4.79 Å². The summed E-state index contributed by atoms with van der Waals surface area (Å²) in [6.45, 7) is 0. The van der Waals surface area contributed by atoms with Crippen LogP contribution >= 0.6 is 0 Å². The lowest BCUT2D eigenvalue weighted by Crippen LogP contribution is -2.25. The molecule has 1 aromatic heterocycles. The average Bonchev–Trinajstić information content (AvgIpc) is 3.16. The quantitative estimate of drug-likeness (QED) is 0.689. The number of nitrogens with zero attached hydrogens (tertiary/aromatic N) is 2. The molecule has 29 heavy (non-hydrogen) atoms. The van der Waals surface area contributed by atoms with Gasteiger partial charge >= 0.3 is 0 Å². The lowest BCUT2D eigenvalue weighted by molar-refractivity contribution is -0.116. The number of amides is 1. The number of methoxy groups -OCH3 is 3. The minimum absolute atomic E-state index is 0.0465. The molecule has 0 bridgehead atoms. The van der Waals surface area contributed by atoms with Crippen LogP contribution in [0.3, 0.4) is 0 Å². The van der Waals surface area contributed by atoms with Gasteiger partial charge in [0.1, 0.15) is 23.6 Å². The van der Waals surface area contributed by atoms with E-state index in [-0.39, 0.29) is 24.0 Å². The van der Waals surface area contributed by atoms with Crippen molar-refractivity contribution in [2.24, 2.45) is 0 Å². The molecule has 0 saturated carbocycles. The maximum atomic E-state index is 12.5. The highest BCUT2D eigenvalue weighted by Crippen LogP contribution is 2.41. The predicted octanol–water partition coefficient (Wildman–Crippen LogP) is 3.08. The largest absolute Gasteiger partial charge is 0.504 e. The molecule has 3 aromatic rings. The van der Waals surface area contributed by atoms with E-state index in [2.05, 4.69) is 10.3 Å². The highest BCUT2D eigenvalue weighted by atomic mass is 16.5. The molecule has 2 aromatic carbocycles. The first-order chi connectivity index (χ1) is 14.0. The van der Waals surface area contributed by atoms with Crippen molar-refractivity contribution in [2.45, 2.75) is 12.3 Å². The second-order valence-electron chi connectivity index (χ2n) is 6.62. The number of aromatic nitrogens is 2. The summed E-state index contributed by atoms with van der Waals surface area (Å²) in [5.41, 5.74) is 2.30. The van der Waals surface area contributed by atoms with Crippen molar-refractivity contribution < 1.29 is 24.1 Å². The number of carbonyl (C=O) groups excluding carboxylic acids is 1. The summed E-state index contributed by atoms with van der Waals surface area (Å²) in [5.74, 6) is 1.85. The summed E-state index contributed by atoms with van der Waals surface area (Å²) < 4.78 is 17.8. The molecule has 0 fully saturated rings. The lowest BCUT2D eigenvalue weighted by atomic mass is 9.89. The smallest absolute Gasteiger partial charge is 0.226 e. The van der Waals surface area contributed by atoms with Gasteiger partial charge in [0.05, 0.1) is 32.7 Å². The number of hydrogen-bond donors (Lipinski definition) is 2. The maximum absolute atomic E-state index is 12.5. The molecule has 1 aliphatic rings. The lowest BCUT2D eigenvalue weighted by Gasteiger charge is -2.24. The van der Waals surface area contributed by atoms with Crippen molar-refractivity contribution in [1.29, 1.82) is 0 Å². The summed E-state index contributed by atoms with van der Waals surface area (Å²) in [6.07, 6.45) is 1.91. The van der Waals surface area contributed by atoms with Crippen molar-refractivity contribution in [2.75, 3.05) is 26.6 Å². The molecule has 4 rings (SSSR count). The summed E-state index contributed by atoms with van der Waals surface area (Å²) in [5, 5.41) is 12.8. The summed E-state index contributed by atoms with van der Waals surface area (Å²) in [6, 6.07) is 10.5. The number of benzene rings is 2. The molecule has 2 N–H and O–H groups in total. The zero-order valence-corrected chi connectivity index (χ0v) is 16.3. The highest BCUT2D eigenvalue weighted by molar-refractivity contribution is 5.94. The van der Waals surface area contributed by atoms with Crippen molar-refractivity contribution in [3.63, 3.8) is 0 Å². The van der Waals surface area contributed by atoms with E-state index >= 15 is 0 Å². The van der Waals surface area contributed by atoms with Gasteiger partial charge in [0.2, 0.25) is 5.91 Å². The van der Waals surface area contributed by atoms with E-state index in [0.717, 1.165) is 16.9 Å². The topological polar surface area (TPSA) is 94.8 Å². The first-order valence-corrected chi connectivity index (χ1v) is 9.02. The standard InChI is InChI=1S/C21H21N3O5/c1-27-13-5-6-15(17(9-13)28-2)24-11-22-20-14(10-19(26)23-21(20)24)12-4-7-16(25)18(8-12)29-3/h4-9,11,14,25H,10H2,1-3H3,(H,23,26)/t14-/m1/s1. The van der Waals surface area contributed by atoms with Crippen molar-refractivity contribution in [3.05, 3.63) is 54.0 Å². The van der Waals surface area contributed by atoms with Crippen LogP contribution < -0.4 is 19.5 Å². The molecule has 8 heteroatoms. The number of hydrogen-bond acceptors (Lipinski definition) is 6. The number of imidazole rings is 1. The molecular formula is C21H21N3O5. The number of fused-ring (bicyclic) bond motifs is 1. The summed E-state index contributed by atoms with van der Waals surface area (Å²) >= 11 is 0. The summed E-state index contributed by atoms with van der Waals surface area (Å²) in [4.78, 5) is 17.1. The Balaban J connectivity index is 1.81. The first-order valence-electron chi connectivity index (χ1n) is 9.02. The van der Waals surface area contributed by atoms with Crippen LogP contribution in [0.5, 0.6) is 23.0 Å². The molecule has 0 saturated heterocycles. The SMILES string of the molecule is COc1ccc(-n2cnc3c2NC(=O)C[C@@H]3c2ccc(O)c(OC)c2)c(OC)c1. The first kappa shape index (κ1) is 18.7. The van der Waals surface area contributed by atoms with Crippen LogP contribution in [0.15, 0.2) is 42.7 Å². The average molecular weight is 395 g/mol. The number of phenols is 1. The fourth-order valence-corrected chi connectivity index (χ4v) is 3.56.